The maximum atomic E-state index is 13.6. The molecule has 2 aromatic heterocycles. The van der Waals surface area contributed by atoms with Crippen LogP contribution in [0.2, 0.25) is 0 Å². The van der Waals surface area contributed by atoms with Gasteiger partial charge in [0.15, 0.2) is 0 Å². The van der Waals surface area contributed by atoms with Crippen molar-refractivity contribution in [3.8, 4) is 11.1 Å². The molecule has 0 aliphatic rings. The average Bonchev–Trinajstić information content (AvgIpc) is 2.81. The summed E-state index contributed by atoms with van der Waals surface area (Å²) in [6, 6.07) is 15.8. The van der Waals surface area contributed by atoms with Gasteiger partial charge in [-0.2, -0.15) is 13.2 Å². The largest absolute Gasteiger partial charge is 0.416 e. The Morgan fingerprint density at radius 3 is 2.44 bits per heavy atom. The molecule has 0 unspecified atom stereocenters. The quantitative estimate of drug-likeness (QED) is 0.416. The van der Waals surface area contributed by atoms with Gasteiger partial charge >= 0.3 is 6.18 Å². The van der Waals surface area contributed by atoms with Gasteiger partial charge in [0, 0.05) is 37.8 Å². The summed E-state index contributed by atoms with van der Waals surface area (Å²) in [7, 11) is 3.00. The van der Waals surface area contributed by atoms with Crippen molar-refractivity contribution < 1.29 is 18.0 Å². The lowest BCUT2D eigenvalue weighted by Crippen LogP contribution is -2.33. The second kappa shape index (κ2) is 8.78. The zero-order valence-corrected chi connectivity index (χ0v) is 18.8. The molecule has 0 bridgehead atoms. The fourth-order valence-corrected chi connectivity index (χ4v) is 3.97. The molecule has 34 heavy (non-hydrogen) atoms. The van der Waals surface area contributed by atoms with Gasteiger partial charge in [0.2, 0.25) is 0 Å². The fraction of sp³-hybridized carbons (Fsp3) is 0.192. The SMILES string of the molecule is Cc1ccc(-c2c(C(=O)N(C)Cc3cccc(C(F)(F)F)c3)n(C)c(=O)c3ncccc23)cc1. The van der Waals surface area contributed by atoms with E-state index in [0.717, 1.165) is 23.3 Å². The Balaban J connectivity index is 1.84. The number of aryl methyl sites for hydroxylation is 1. The number of benzene rings is 2. The number of fused-ring (bicyclic) bond motifs is 1. The van der Waals surface area contributed by atoms with Gasteiger partial charge in [-0.05, 0) is 36.2 Å². The molecule has 2 heterocycles. The standard InChI is InChI=1S/C26H22F3N3O2/c1-16-9-11-18(12-10-16)21-20-8-5-13-30-22(20)24(33)32(3)23(21)25(34)31(2)15-17-6-4-7-19(14-17)26(27,28)29/h4-14H,15H2,1-3H3. The fourth-order valence-electron chi connectivity index (χ4n) is 3.97. The Morgan fingerprint density at radius 1 is 1.06 bits per heavy atom. The van der Waals surface area contributed by atoms with Gasteiger partial charge < -0.3 is 9.47 Å². The van der Waals surface area contributed by atoms with Crippen molar-refractivity contribution in [1.29, 1.82) is 0 Å². The molecule has 5 nitrogen and oxygen atoms in total. The number of nitrogens with zero attached hydrogens (tertiary/aromatic N) is 3. The summed E-state index contributed by atoms with van der Waals surface area (Å²) in [6.45, 7) is 1.88. The Kier molecular flexibility index (Phi) is 6.00. The van der Waals surface area contributed by atoms with Gasteiger partial charge in [0.25, 0.3) is 11.5 Å². The number of amides is 1. The highest BCUT2D eigenvalue weighted by Crippen LogP contribution is 2.32. The Morgan fingerprint density at radius 2 is 1.76 bits per heavy atom. The number of rotatable bonds is 4. The average molecular weight is 465 g/mol. The number of halogens is 3. The molecule has 0 N–H and O–H groups in total. The van der Waals surface area contributed by atoms with E-state index in [1.54, 1.807) is 12.1 Å². The second-order valence-electron chi connectivity index (χ2n) is 8.21. The number of hydrogen-bond donors (Lipinski definition) is 0. The number of carbonyl (C=O) groups excluding carboxylic acids is 1. The van der Waals surface area contributed by atoms with E-state index >= 15 is 0 Å². The lowest BCUT2D eigenvalue weighted by Gasteiger charge is -2.22. The van der Waals surface area contributed by atoms with E-state index in [-0.39, 0.29) is 17.8 Å². The van der Waals surface area contributed by atoms with E-state index in [0.29, 0.717) is 16.5 Å². The third-order valence-electron chi connectivity index (χ3n) is 5.72. The van der Waals surface area contributed by atoms with Gasteiger partial charge in [-0.15, -0.1) is 0 Å². The number of pyridine rings is 2. The molecule has 0 fully saturated rings. The van der Waals surface area contributed by atoms with E-state index in [2.05, 4.69) is 4.98 Å². The second-order valence-corrected chi connectivity index (χ2v) is 8.21. The van der Waals surface area contributed by atoms with Crippen molar-refractivity contribution in [3.63, 3.8) is 0 Å². The molecule has 0 saturated carbocycles. The van der Waals surface area contributed by atoms with Crippen molar-refractivity contribution in [1.82, 2.24) is 14.5 Å². The van der Waals surface area contributed by atoms with Crippen LogP contribution < -0.4 is 5.56 Å². The highest BCUT2D eigenvalue weighted by Gasteiger charge is 2.31. The van der Waals surface area contributed by atoms with Gasteiger partial charge in [0.05, 0.1) is 5.56 Å². The summed E-state index contributed by atoms with van der Waals surface area (Å²) in [5.41, 5.74) is 1.81. The first kappa shape index (κ1) is 23.2. The van der Waals surface area contributed by atoms with E-state index in [1.165, 1.54) is 41.9 Å². The highest BCUT2D eigenvalue weighted by atomic mass is 19.4. The first-order valence-electron chi connectivity index (χ1n) is 10.5. The minimum absolute atomic E-state index is 0.0602. The van der Waals surface area contributed by atoms with Crippen LogP contribution in [0, 0.1) is 6.92 Å². The molecule has 0 aliphatic heterocycles. The minimum Gasteiger partial charge on any atom is -0.336 e. The Bertz CT molecular complexity index is 1440. The third kappa shape index (κ3) is 4.31. The molecule has 0 aliphatic carbocycles. The topological polar surface area (TPSA) is 55.2 Å². The summed E-state index contributed by atoms with van der Waals surface area (Å²) in [4.78, 5) is 32.2. The smallest absolute Gasteiger partial charge is 0.336 e. The van der Waals surface area contributed by atoms with Crippen molar-refractivity contribution >= 4 is 16.8 Å². The van der Waals surface area contributed by atoms with E-state index in [9.17, 15) is 22.8 Å². The highest BCUT2D eigenvalue weighted by molar-refractivity contribution is 6.07. The first-order chi connectivity index (χ1) is 16.1. The van der Waals surface area contributed by atoms with Crippen molar-refractivity contribution in [2.24, 2.45) is 7.05 Å². The maximum Gasteiger partial charge on any atom is 0.416 e. The molecule has 2 aromatic carbocycles. The van der Waals surface area contributed by atoms with Crippen molar-refractivity contribution in [2.75, 3.05) is 7.05 Å². The molecule has 4 rings (SSSR count). The van der Waals surface area contributed by atoms with Gasteiger partial charge in [-0.3, -0.25) is 14.6 Å². The Hall–Kier alpha value is -3.94. The third-order valence-corrected chi connectivity index (χ3v) is 5.72. The van der Waals surface area contributed by atoms with Crippen LogP contribution in [0.15, 0.2) is 71.7 Å². The molecular formula is C26H22F3N3O2. The van der Waals surface area contributed by atoms with Crippen molar-refractivity contribution in [3.05, 3.63) is 99.6 Å². The van der Waals surface area contributed by atoms with E-state index in [1.807, 2.05) is 31.2 Å². The summed E-state index contributed by atoms with van der Waals surface area (Å²) in [5, 5.41) is 0.533. The molecular weight excluding hydrogens is 443 g/mol. The van der Waals surface area contributed by atoms with Crippen LogP contribution >= 0.6 is 0 Å². The molecule has 0 radical (unpaired) electrons. The van der Waals surface area contributed by atoms with Crippen LogP contribution in [0.3, 0.4) is 0 Å². The molecule has 1 amide bonds. The minimum atomic E-state index is -4.48. The lowest BCUT2D eigenvalue weighted by atomic mass is 9.97. The normalized spacial score (nSPS) is 11.6. The van der Waals surface area contributed by atoms with Crippen LogP contribution in [0.1, 0.15) is 27.2 Å². The van der Waals surface area contributed by atoms with Crippen LogP contribution in [0.5, 0.6) is 0 Å². The summed E-state index contributed by atoms with van der Waals surface area (Å²) in [5.74, 6) is -0.488. The molecule has 4 aromatic rings. The van der Waals surface area contributed by atoms with Gasteiger partial charge in [-0.25, -0.2) is 0 Å². The first-order valence-corrected chi connectivity index (χ1v) is 10.5. The molecule has 174 valence electrons. The summed E-state index contributed by atoms with van der Waals surface area (Å²) in [6.07, 6.45) is -2.96. The number of aromatic nitrogens is 2. The van der Waals surface area contributed by atoms with Gasteiger partial charge in [0.1, 0.15) is 11.2 Å². The monoisotopic (exact) mass is 465 g/mol. The molecule has 0 saturated heterocycles. The molecule has 0 spiro atoms. The van der Waals surface area contributed by atoms with Crippen LogP contribution in [-0.2, 0) is 19.8 Å². The number of hydrogen-bond acceptors (Lipinski definition) is 3. The lowest BCUT2D eigenvalue weighted by molar-refractivity contribution is -0.137. The number of alkyl halides is 3. The van der Waals surface area contributed by atoms with E-state index < -0.39 is 23.2 Å². The maximum absolute atomic E-state index is 13.6. The summed E-state index contributed by atoms with van der Waals surface area (Å²) >= 11 is 0. The van der Waals surface area contributed by atoms with Crippen LogP contribution in [0.4, 0.5) is 13.2 Å². The predicted octanol–water partition coefficient (Wildman–Crippen LogP) is 5.20. The predicted molar refractivity (Wildman–Crippen MR) is 124 cm³/mol. The van der Waals surface area contributed by atoms with Crippen molar-refractivity contribution in [2.45, 2.75) is 19.6 Å². The van der Waals surface area contributed by atoms with Crippen LogP contribution in [-0.4, -0.2) is 27.4 Å². The van der Waals surface area contributed by atoms with E-state index in [4.69, 9.17) is 0 Å². The zero-order chi connectivity index (χ0) is 24.6. The zero-order valence-electron chi connectivity index (χ0n) is 18.8. The summed E-state index contributed by atoms with van der Waals surface area (Å²) < 4.78 is 40.6. The van der Waals surface area contributed by atoms with Gasteiger partial charge in [-0.1, -0.05) is 48.0 Å². The molecule has 0 atom stereocenters. The van der Waals surface area contributed by atoms with Crippen LogP contribution in [0.25, 0.3) is 22.0 Å². The Labute approximate surface area is 194 Å². The number of carbonyl (C=O) groups is 1. The molecule has 8 heteroatoms.